The van der Waals surface area contributed by atoms with Crippen LogP contribution in [0.5, 0.6) is 0 Å². The van der Waals surface area contributed by atoms with E-state index in [0.29, 0.717) is 0 Å². The zero-order valence-corrected chi connectivity index (χ0v) is 31.7. The maximum absolute atomic E-state index is 10.7. The molecule has 240 valence electrons. The van der Waals surface area contributed by atoms with Gasteiger partial charge in [-0.05, 0) is 118 Å². The van der Waals surface area contributed by atoms with Crippen LogP contribution in [-0.4, -0.2) is 37.0 Å². The van der Waals surface area contributed by atoms with Crippen LogP contribution in [0, 0.1) is 21.4 Å². The molecule has 0 N–H and O–H groups in total. The lowest BCUT2D eigenvalue weighted by atomic mass is 10.4. The van der Waals surface area contributed by atoms with Gasteiger partial charge in [0.15, 0.2) is 34.5 Å². The Morgan fingerprint density at radius 3 is 0.864 bits per heavy atom. The minimum atomic E-state index is -6.09. The van der Waals surface area contributed by atoms with Crippen LogP contribution < -0.4 is 42.4 Å². The third kappa shape index (κ3) is 17.8. The van der Waals surface area contributed by atoms with Gasteiger partial charge in [-0.1, -0.05) is 36.4 Å². The third-order valence-corrected chi connectivity index (χ3v) is 12.0. The van der Waals surface area contributed by atoms with E-state index in [-0.39, 0.29) is 42.4 Å². The number of halogens is 10. The molecule has 0 spiro atoms. The SMILES string of the molecule is Ic1ccc([I+]c2ccccc2)cc1.Ic1ccc([I+]c2ccccc2)cc1.O=S(=O)([O-])C(F)(F)F.O=S(=O)([O-])C(F)(F)F. The Labute approximate surface area is 298 Å². The molecule has 0 radical (unpaired) electrons. The number of benzene rings is 4. The molecular weight excluding hydrogens is 1090 g/mol. The predicted molar refractivity (Wildman–Crippen MR) is 157 cm³/mol. The Kier molecular flexibility index (Phi) is 17.9. The molecule has 18 heteroatoms. The van der Waals surface area contributed by atoms with Gasteiger partial charge >= 0.3 is 53.4 Å². The summed E-state index contributed by atoms with van der Waals surface area (Å²) in [6.45, 7) is 0. The molecule has 4 rings (SSSR count). The van der Waals surface area contributed by atoms with Gasteiger partial charge in [-0.2, -0.15) is 26.3 Å². The van der Waals surface area contributed by atoms with E-state index >= 15 is 0 Å². The van der Waals surface area contributed by atoms with Crippen LogP contribution >= 0.6 is 45.2 Å². The summed E-state index contributed by atoms with van der Waals surface area (Å²) in [6.07, 6.45) is 0. The highest BCUT2D eigenvalue weighted by molar-refractivity contribution is 14.1. The van der Waals surface area contributed by atoms with E-state index in [0.717, 1.165) is 0 Å². The van der Waals surface area contributed by atoms with Gasteiger partial charge in [-0.3, -0.25) is 0 Å². The summed E-state index contributed by atoms with van der Waals surface area (Å²) >= 11 is 4.70. The van der Waals surface area contributed by atoms with Gasteiger partial charge < -0.3 is 9.11 Å². The maximum atomic E-state index is 10.7. The molecule has 0 atom stereocenters. The second kappa shape index (κ2) is 19.1. The molecule has 0 aliphatic carbocycles. The van der Waals surface area contributed by atoms with Crippen LogP contribution in [0.1, 0.15) is 0 Å². The van der Waals surface area contributed by atoms with Crippen LogP contribution in [0.3, 0.4) is 0 Å². The molecule has 0 heterocycles. The van der Waals surface area contributed by atoms with Gasteiger partial charge in [0, 0.05) is 7.14 Å². The molecule has 44 heavy (non-hydrogen) atoms. The molecule has 0 saturated heterocycles. The van der Waals surface area contributed by atoms with Crippen molar-refractivity contribution in [3.8, 4) is 0 Å². The highest BCUT2D eigenvalue weighted by Gasteiger charge is 2.37. The predicted octanol–water partition coefficient (Wildman–Crippen LogP) is 0.942. The molecule has 0 amide bonds. The smallest absolute Gasteiger partial charge is 0.485 e. The van der Waals surface area contributed by atoms with E-state index in [1.807, 2.05) is 0 Å². The van der Waals surface area contributed by atoms with Crippen molar-refractivity contribution in [1.29, 1.82) is 0 Å². The minimum absolute atomic E-state index is 0.0126. The Balaban J connectivity index is 0.000000306. The topological polar surface area (TPSA) is 114 Å². The van der Waals surface area contributed by atoms with E-state index in [1.165, 1.54) is 21.4 Å². The Morgan fingerprint density at radius 1 is 0.455 bits per heavy atom. The van der Waals surface area contributed by atoms with E-state index in [2.05, 4.69) is 154 Å². The molecular formula is C26H18F6I4O6S2. The van der Waals surface area contributed by atoms with Crippen LogP contribution in [0.25, 0.3) is 0 Å². The minimum Gasteiger partial charge on any atom is -0.741 e. The van der Waals surface area contributed by atoms with E-state index < -0.39 is 31.3 Å². The van der Waals surface area contributed by atoms with Crippen molar-refractivity contribution in [1.82, 2.24) is 0 Å². The quantitative estimate of drug-likeness (QED) is 0.130. The molecule has 0 saturated carbocycles. The second-order valence-corrected chi connectivity index (χ2v) is 18.7. The first-order valence-electron chi connectivity index (χ1n) is 11.1. The number of alkyl halides is 6. The molecule has 0 aliphatic rings. The van der Waals surface area contributed by atoms with Crippen molar-refractivity contribution < 1.29 is 94.7 Å². The van der Waals surface area contributed by atoms with Gasteiger partial charge in [0.05, 0.1) is 0 Å². The molecule has 6 nitrogen and oxygen atoms in total. The molecule has 0 aliphatic heterocycles. The number of rotatable bonds is 4. The average molecular weight is 1110 g/mol. The summed E-state index contributed by atoms with van der Waals surface area (Å²) in [5, 5.41) is 0. The average Bonchev–Trinajstić information content (AvgIpc) is 2.91. The van der Waals surface area contributed by atoms with Gasteiger partial charge in [0.2, 0.25) is 0 Å². The molecule has 4 aromatic carbocycles. The summed E-state index contributed by atoms with van der Waals surface area (Å²) in [5.74, 6) is 0. The Morgan fingerprint density at radius 2 is 0.659 bits per heavy atom. The highest BCUT2D eigenvalue weighted by atomic mass is 127. The standard InChI is InChI=1S/2C12H9I2.2CHF3O3S/c2*13-10-6-8-12(9-7-10)14-11-4-2-1-3-5-11;2*2-1(3,4)8(5,6)7/h2*1-9H;2*(H,5,6,7)/q2*+1;;/p-2. The highest BCUT2D eigenvalue weighted by Crippen LogP contribution is 2.21. The summed E-state index contributed by atoms with van der Waals surface area (Å²) in [6, 6.07) is 39.1. The molecule has 0 unspecified atom stereocenters. The van der Waals surface area contributed by atoms with Gasteiger partial charge in [-0.25, -0.2) is 16.8 Å². The lowest BCUT2D eigenvalue weighted by Crippen LogP contribution is -3.61. The summed E-state index contributed by atoms with van der Waals surface area (Å²) in [7, 11) is -12.2. The van der Waals surface area contributed by atoms with Crippen LogP contribution in [0.4, 0.5) is 26.3 Å². The summed E-state index contributed by atoms with van der Waals surface area (Å²) in [5.41, 5.74) is -11.3. The first kappa shape index (κ1) is 41.2. The van der Waals surface area contributed by atoms with Crippen molar-refractivity contribution in [3.05, 3.63) is 131 Å². The van der Waals surface area contributed by atoms with Gasteiger partial charge in [0.25, 0.3) is 0 Å². The van der Waals surface area contributed by atoms with E-state index in [9.17, 15) is 26.3 Å². The molecule has 0 bridgehead atoms. The monoisotopic (exact) mass is 1110 g/mol. The lowest BCUT2D eigenvalue weighted by Gasteiger charge is -2.08. The number of hydrogen-bond acceptors (Lipinski definition) is 6. The molecule has 0 aromatic heterocycles. The fourth-order valence-electron chi connectivity index (χ4n) is 2.19. The van der Waals surface area contributed by atoms with Crippen molar-refractivity contribution in [2.75, 3.05) is 0 Å². The largest absolute Gasteiger partial charge is 0.741 e. The normalized spacial score (nSPS) is 11.5. The van der Waals surface area contributed by atoms with Crippen LogP contribution in [0.15, 0.2) is 109 Å². The molecule has 4 aromatic rings. The van der Waals surface area contributed by atoms with Gasteiger partial charge in [-0.15, -0.1) is 0 Å². The Bertz CT molecular complexity index is 1500. The zero-order valence-electron chi connectivity index (χ0n) is 21.4. The fourth-order valence-corrected chi connectivity index (χ4v) is 7.34. The van der Waals surface area contributed by atoms with Crippen LogP contribution in [-0.2, 0) is 20.2 Å². The number of hydrogen-bond donors (Lipinski definition) is 0. The van der Waals surface area contributed by atoms with Gasteiger partial charge in [0.1, 0.15) is 0 Å². The van der Waals surface area contributed by atoms with Crippen molar-refractivity contribution in [2.45, 2.75) is 11.0 Å². The zero-order chi connectivity index (χ0) is 33.6. The van der Waals surface area contributed by atoms with E-state index in [1.54, 1.807) is 0 Å². The first-order chi connectivity index (χ1) is 20.2. The maximum Gasteiger partial charge on any atom is 0.485 e. The Hall–Kier alpha value is -0.800. The summed E-state index contributed by atoms with van der Waals surface area (Å²) in [4.78, 5) is 0. The van der Waals surface area contributed by atoms with Crippen molar-refractivity contribution in [3.63, 3.8) is 0 Å². The fraction of sp³-hybridized carbons (Fsp3) is 0.0769. The summed E-state index contributed by atoms with van der Waals surface area (Å²) < 4.78 is 126. The van der Waals surface area contributed by atoms with Crippen LogP contribution in [0.2, 0.25) is 0 Å². The first-order valence-corrected chi connectivity index (χ1v) is 20.4. The second-order valence-electron chi connectivity index (χ2n) is 7.45. The third-order valence-electron chi connectivity index (χ3n) is 4.08. The van der Waals surface area contributed by atoms with Crippen molar-refractivity contribution in [2.24, 2.45) is 0 Å². The lowest BCUT2D eigenvalue weighted by molar-refractivity contribution is -0.597. The van der Waals surface area contributed by atoms with Crippen molar-refractivity contribution >= 4 is 65.4 Å². The van der Waals surface area contributed by atoms with E-state index in [4.69, 9.17) is 25.9 Å². The molecule has 0 fully saturated rings.